The number of fused-ring (bicyclic) bond motifs is 2. The molecule has 5 rings (SSSR count). The van der Waals surface area contributed by atoms with Gasteiger partial charge in [-0.05, 0) is 30.7 Å². The van der Waals surface area contributed by atoms with Gasteiger partial charge < -0.3 is 14.2 Å². The molecule has 3 aromatic heterocycles. The summed E-state index contributed by atoms with van der Waals surface area (Å²) < 4.78 is 8.31. The Hall–Kier alpha value is -2.96. The first kappa shape index (κ1) is 17.2. The van der Waals surface area contributed by atoms with E-state index < -0.39 is 6.10 Å². The Morgan fingerprint density at radius 3 is 3.00 bits per heavy atom. The lowest BCUT2D eigenvalue weighted by Crippen LogP contribution is -2.48. The number of piperidine rings is 1. The van der Waals surface area contributed by atoms with Crippen molar-refractivity contribution in [3.8, 4) is 5.75 Å². The van der Waals surface area contributed by atoms with E-state index in [9.17, 15) is 5.11 Å². The highest BCUT2D eigenvalue weighted by atomic mass is 16.5. The van der Waals surface area contributed by atoms with Crippen molar-refractivity contribution in [2.24, 2.45) is 0 Å². The van der Waals surface area contributed by atoms with Crippen LogP contribution in [0.1, 0.15) is 12.1 Å². The van der Waals surface area contributed by atoms with Crippen LogP contribution in [0, 0.1) is 0 Å². The monoisotopic (exact) mass is 374 g/mol. The van der Waals surface area contributed by atoms with Gasteiger partial charge in [0.15, 0.2) is 0 Å². The lowest BCUT2D eigenvalue weighted by atomic mass is 10.0. The zero-order valence-electron chi connectivity index (χ0n) is 15.5. The van der Waals surface area contributed by atoms with E-state index in [0.29, 0.717) is 6.54 Å². The molecule has 0 amide bonds. The Morgan fingerprint density at radius 2 is 2.07 bits per heavy atom. The van der Waals surface area contributed by atoms with Crippen molar-refractivity contribution in [2.45, 2.75) is 25.2 Å². The first-order valence-corrected chi connectivity index (χ1v) is 9.59. The molecule has 1 aliphatic rings. The smallest absolute Gasteiger partial charge is 0.136 e. The van der Waals surface area contributed by atoms with Crippen LogP contribution >= 0.6 is 0 Å². The van der Waals surface area contributed by atoms with Gasteiger partial charge in [0.25, 0.3) is 0 Å². The van der Waals surface area contributed by atoms with E-state index in [4.69, 9.17) is 4.74 Å². The van der Waals surface area contributed by atoms with Gasteiger partial charge >= 0.3 is 0 Å². The molecule has 1 N–H and O–H groups in total. The van der Waals surface area contributed by atoms with Gasteiger partial charge in [-0.25, -0.2) is 4.98 Å². The van der Waals surface area contributed by atoms with E-state index >= 15 is 0 Å². The van der Waals surface area contributed by atoms with Gasteiger partial charge in [-0.2, -0.15) is 0 Å². The first-order chi connectivity index (χ1) is 13.8. The molecule has 4 aromatic rings. The molecule has 0 radical (unpaired) electrons. The molecular formula is C22H22N4O2. The molecule has 6 heteroatoms. The van der Waals surface area contributed by atoms with Crippen LogP contribution < -0.4 is 4.74 Å². The third kappa shape index (κ3) is 3.21. The predicted octanol–water partition coefficient (Wildman–Crippen LogP) is 2.90. The summed E-state index contributed by atoms with van der Waals surface area (Å²) in [5.41, 5.74) is 2.07. The zero-order valence-corrected chi connectivity index (χ0v) is 15.5. The Morgan fingerprint density at radius 1 is 1.11 bits per heavy atom. The lowest BCUT2D eigenvalue weighted by Gasteiger charge is -2.36. The first-order valence-electron chi connectivity index (χ1n) is 9.59. The van der Waals surface area contributed by atoms with Gasteiger partial charge in [0.2, 0.25) is 0 Å². The van der Waals surface area contributed by atoms with E-state index in [0.717, 1.165) is 47.4 Å². The maximum Gasteiger partial charge on any atom is 0.136 e. The summed E-state index contributed by atoms with van der Waals surface area (Å²) in [6, 6.07) is 13.9. The van der Waals surface area contributed by atoms with Crippen LogP contribution in [-0.4, -0.2) is 49.7 Å². The molecule has 4 heterocycles. The minimum atomic E-state index is -0.537. The van der Waals surface area contributed by atoms with Crippen LogP contribution in [0.2, 0.25) is 0 Å². The van der Waals surface area contributed by atoms with Gasteiger partial charge in [0.1, 0.15) is 23.6 Å². The molecule has 1 fully saturated rings. The number of likely N-dealkylation sites (tertiary alicyclic amines) is 1. The van der Waals surface area contributed by atoms with Gasteiger partial charge in [-0.3, -0.25) is 9.88 Å². The SMILES string of the molecule is O[C@@H]1CN(Cc2cnc3ccccn23)CC[C@H]1Oc1cccc2cnccc12. The quantitative estimate of drug-likeness (QED) is 0.595. The van der Waals surface area contributed by atoms with Gasteiger partial charge in [-0.1, -0.05) is 18.2 Å². The lowest BCUT2D eigenvalue weighted by molar-refractivity contribution is -0.0272. The second kappa shape index (κ2) is 7.22. The van der Waals surface area contributed by atoms with E-state index in [1.807, 2.05) is 61.1 Å². The van der Waals surface area contributed by atoms with Crippen molar-refractivity contribution in [3.63, 3.8) is 0 Å². The molecule has 0 saturated carbocycles. The molecule has 1 aromatic carbocycles. The second-order valence-corrected chi connectivity index (χ2v) is 7.28. The van der Waals surface area contributed by atoms with Crippen molar-refractivity contribution in [2.75, 3.05) is 13.1 Å². The van der Waals surface area contributed by atoms with Gasteiger partial charge in [-0.15, -0.1) is 0 Å². The number of aromatic nitrogens is 3. The van der Waals surface area contributed by atoms with Crippen molar-refractivity contribution >= 4 is 16.4 Å². The summed E-state index contributed by atoms with van der Waals surface area (Å²) in [6.07, 6.45) is 7.57. The van der Waals surface area contributed by atoms with Crippen LogP contribution in [-0.2, 0) is 6.54 Å². The number of ether oxygens (including phenoxy) is 1. The number of β-amino-alcohol motifs (C(OH)–C–C–N with tert-alkyl or cyclic N) is 1. The summed E-state index contributed by atoms with van der Waals surface area (Å²) in [5, 5.41) is 12.8. The van der Waals surface area contributed by atoms with Crippen LogP contribution in [0.15, 0.2) is 67.3 Å². The standard InChI is InChI=1S/C22H22N4O2/c27-19-15-25(14-17-13-24-22-6-1-2-10-26(17)22)11-8-21(19)28-20-5-3-4-16-12-23-9-7-18(16)20/h1-7,9-10,12-13,19,21,27H,8,11,14-15H2/t19-,21-/m1/s1. The topological polar surface area (TPSA) is 62.9 Å². The van der Waals surface area contributed by atoms with E-state index in [-0.39, 0.29) is 6.10 Å². The maximum absolute atomic E-state index is 10.7. The average molecular weight is 374 g/mol. The summed E-state index contributed by atoms with van der Waals surface area (Å²) in [4.78, 5) is 10.9. The van der Waals surface area contributed by atoms with Gasteiger partial charge in [0.05, 0.1) is 11.9 Å². The van der Waals surface area contributed by atoms with Gasteiger partial charge in [0, 0.05) is 49.0 Å². The Labute approximate surface area is 163 Å². The second-order valence-electron chi connectivity index (χ2n) is 7.28. The van der Waals surface area contributed by atoms with E-state index in [1.54, 1.807) is 6.20 Å². The summed E-state index contributed by atoms with van der Waals surface area (Å²) in [6.45, 7) is 2.21. The Bertz CT molecular complexity index is 1100. The molecule has 1 saturated heterocycles. The van der Waals surface area contributed by atoms with Crippen molar-refractivity contribution in [3.05, 3.63) is 72.9 Å². The van der Waals surface area contributed by atoms with Crippen LogP contribution in [0.5, 0.6) is 5.75 Å². The fourth-order valence-corrected chi connectivity index (χ4v) is 3.95. The van der Waals surface area contributed by atoms with Crippen LogP contribution in [0.25, 0.3) is 16.4 Å². The molecule has 0 unspecified atom stereocenters. The maximum atomic E-state index is 10.7. The molecule has 0 spiro atoms. The van der Waals surface area contributed by atoms with Crippen molar-refractivity contribution < 1.29 is 9.84 Å². The summed E-state index contributed by atoms with van der Waals surface area (Å²) in [5.74, 6) is 0.805. The predicted molar refractivity (Wildman–Crippen MR) is 107 cm³/mol. The zero-order chi connectivity index (χ0) is 18.9. The third-order valence-electron chi connectivity index (χ3n) is 5.40. The molecule has 6 nitrogen and oxygen atoms in total. The highest BCUT2D eigenvalue weighted by Crippen LogP contribution is 2.28. The largest absolute Gasteiger partial charge is 0.487 e. The van der Waals surface area contributed by atoms with Crippen molar-refractivity contribution in [1.82, 2.24) is 19.3 Å². The highest BCUT2D eigenvalue weighted by Gasteiger charge is 2.30. The summed E-state index contributed by atoms with van der Waals surface area (Å²) in [7, 11) is 0. The number of pyridine rings is 2. The average Bonchev–Trinajstić information content (AvgIpc) is 3.13. The molecule has 2 atom stereocenters. The molecule has 142 valence electrons. The minimum Gasteiger partial charge on any atom is -0.487 e. The van der Waals surface area contributed by atoms with Crippen LogP contribution in [0.4, 0.5) is 0 Å². The van der Waals surface area contributed by atoms with Crippen molar-refractivity contribution in [1.29, 1.82) is 0 Å². The number of nitrogens with zero attached hydrogens (tertiary/aromatic N) is 4. The van der Waals surface area contributed by atoms with E-state index in [1.165, 1.54) is 0 Å². The number of aliphatic hydroxyl groups excluding tert-OH is 1. The molecule has 0 bridgehead atoms. The number of rotatable bonds is 4. The fraction of sp³-hybridized carbons (Fsp3) is 0.273. The molecule has 28 heavy (non-hydrogen) atoms. The number of aliphatic hydroxyl groups is 1. The number of imidazole rings is 1. The Balaban J connectivity index is 1.28. The normalized spacial score (nSPS) is 20.6. The molecule has 1 aliphatic heterocycles. The number of benzene rings is 1. The molecular weight excluding hydrogens is 352 g/mol. The number of hydrogen-bond donors (Lipinski definition) is 1. The van der Waals surface area contributed by atoms with Crippen LogP contribution in [0.3, 0.4) is 0 Å². The fourth-order valence-electron chi connectivity index (χ4n) is 3.95. The van der Waals surface area contributed by atoms with E-state index in [2.05, 4.69) is 19.3 Å². The number of hydrogen-bond acceptors (Lipinski definition) is 5. The Kier molecular flexibility index (Phi) is 4.43. The minimum absolute atomic E-state index is 0.211. The summed E-state index contributed by atoms with van der Waals surface area (Å²) >= 11 is 0. The third-order valence-corrected chi connectivity index (χ3v) is 5.40. The highest BCUT2D eigenvalue weighted by molar-refractivity contribution is 5.87. The molecule has 0 aliphatic carbocycles.